The molecule has 2 aromatic rings. The molecular weight excluding hydrogens is 271 g/mol. The van der Waals surface area contributed by atoms with E-state index in [4.69, 9.17) is 5.73 Å². The van der Waals surface area contributed by atoms with Crippen LogP contribution in [0.5, 0.6) is 0 Å². The molecule has 21 heavy (non-hydrogen) atoms. The Labute approximate surface area is 121 Å². The molecule has 0 radical (unpaired) electrons. The molecule has 108 valence electrons. The number of halogens is 1. The predicted octanol–water partition coefficient (Wildman–Crippen LogP) is 2.41. The first-order valence-electron chi connectivity index (χ1n) is 6.40. The minimum atomic E-state index is -0.566. The molecule has 2 amide bonds. The maximum atomic E-state index is 13.6. The second-order valence-corrected chi connectivity index (χ2v) is 4.78. The fraction of sp³-hybridized carbons (Fsp3) is 0.125. The third kappa shape index (κ3) is 3.89. The number of carbonyl (C=O) groups excluding carboxylic acids is 2. The second-order valence-electron chi connectivity index (χ2n) is 4.78. The van der Waals surface area contributed by atoms with E-state index in [0.717, 1.165) is 11.1 Å². The van der Waals surface area contributed by atoms with Crippen LogP contribution in [0.3, 0.4) is 0 Å². The quantitative estimate of drug-likeness (QED) is 0.906. The molecule has 5 heteroatoms. The summed E-state index contributed by atoms with van der Waals surface area (Å²) in [5.41, 5.74) is 7.17. The zero-order chi connectivity index (χ0) is 15.4. The first kappa shape index (κ1) is 14.7. The molecule has 0 aliphatic rings. The topological polar surface area (TPSA) is 72.2 Å². The van der Waals surface area contributed by atoms with Gasteiger partial charge in [0, 0.05) is 5.69 Å². The van der Waals surface area contributed by atoms with Crippen LogP contribution in [0.25, 0.3) is 0 Å². The minimum Gasteiger partial charge on any atom is -0.369 e. The monoisotopic (exact) mass is 286 g/mol. The van der Waals surface area contributed by atoms with Gasteiger partial charge in [-0.2, -0.15) is 0 Å². The van der Waals surface area contributed by atoms with E-state index in [1.807, 2.05) is 0 Å². The zero-order valence-corrected chi connectivity index (χ0v) is 11.5. The van der Waals surface area contributed by atoms with Crippen molar-refractivity contribution < 1.29 is 14.0 Å². The van der Waals surface area contributed by atoms with E-state index in [1.165, 1.54) is 12.1 Å². The number of primary amides is 1. The van der Waals surface area contributed by atoms with Crippen molar-refractivity contribution in [2.45, 2.75) is 13.3 Å². The SMILES string of the molecule is Cc1ccc(F)c(C(=O)Nc2ccc(CC(N)=O)cc2)c1. The lowest BCUT2D eigenvalue weighted by Gasteiger charge is -2.07. The molecular formula is C16H15FN2O2. The summed E-state index contributed by atoms with van der Waals surface area (Å²) in [4.78, 5) is 22.8. The third-order valence-corrected chi connectivity index (χ3v) is 2.96. The van der Waals surface area contributed by atoms with Gasteiger partial charge < -0.3 is 11.1 Å². The highest BCUT2D eigenvalue weighted by Gasteiger charge is 2.12. The van der Waals surface area contributed by atoms with Crippen LogP contribution >= 0.6 is 0 Å². The van der Waals surface area contributed by atoms with Crippen molar-refractivity contribution in [3.63, 3.8) is 0 Å². The zero-order valence-electron chi connectivity index (χ0n) is 11.5. The Morgan fingerprint density at radius 1 is 1.14 bits per heavy atom. The summed E-state index contributed by atoms with van der Waals surface area (Å²) in [6.07, 6.45) is 0.140. The van der Waals surface area contributed by atoms with Gasteiger partial charge in [0.25, 0.3) is 5.91 Å². The van der Waals surface area contributed by atoms with Gasteiger partial charge >= 0.3 is 0 Å². The molecule has 4 nitrogen and oxygen atoms in total. The van der Waals surface area contributed by atoms with E-state index in [-0.39, 0.29) is 12.0 Å². The second kappa shape index (κ2) is 6.17. The first-order chi connectivity index (χ1) is 9.95. The highest BCUT2D eigenvalue weighted by molar-refractivity contribution is 6.04. The van der Waals surface area contributed by atoms with Gasteiger partial charge in [-0.1, -0.05) is 23.8 Å². The van der Waals surface area contributed by atoms with E-state index >= 15 is 0 Å². The number of anilines is 1. The number of nitrogens with two attached hydrogens (primary N) is 1. The summed E-state index contributed by atoms with van der Waals surface area (Å²) >= 11 is 0. The van der Waals surface area contributed by atoms with Crippen molar-refractivity contribution in [3.05, 3.63) is 65.0 Å². The lowest BCUT2D eigenvalue weighted by atomic mass is 10.1. The molecule has 0 aliphatic carbocycles. The number of rotatable bonds is 4. The maximum Gasteiger partial charge on any atom is 0.258 e. The van der Waals surface area contributed by atoms with Gasteiger partial charge in [0.15, 0.2) is 0 Å². The fourth-order valence-electron chi connectivity index (χ4n) is 1.92. The van der Waals surface area contributed by atoms with E-state index in [2.05, 4.69) is 5.32 Å². The summed E-state index contributed by atoms with van der Waals surface area (Å²) in [7, 11) is 0. The predicted molar refractivity (Wildman–Crippen MR) is 78.4 cm³/mol. The molecule has 0 atom stereocenters. The Morgan fingerprint density at radius 2 is 1.81 bits per heavy atom. The molecule has 3 N–H and O–H groups in total. The van der Waals surface area contributed by atoms with E-state index in [9.17, 15) is 14.0 Å². The molecule has 2 rings (SSSR count). The van der Waals surface area contributed by atoms with Gasteiger partial charge in [-0.15, -0.1) is 0 Å². The molecule has 0 unspecified atom stereocenters. The minimum absolute atomic E-state index is 0.00351. The van der Waals surface area contributed by atoms with Crippen LogP contribution in [0.2, 0.25) is 0 Å². The molecule has 0 saturated carbocycles. The number of hydrogen-bond acceptors (Lipinski definition) is 2. The Kier molecular flexibility index (Phi) is 4.33. The molecule has 2 aromatic carbocycles. The van der Waals surface area contributed by atoms with Crippen LogP contribution < -0.4 is 11.1 Å². The van der Waals surface area contributed by atoms with E-state index < -0.39 is 17.6 Å². The summed E-state index contributed by atoms with van der Waals surface area (Å²) in [6, 6.07) is 11.0. The Morgan fingerprint density at radius 3 is 2.43 bits per heavy atom. The smallest absolute Gasteiger partial charge is 0.258 e. The lowest BCUT2D eigenvalue weighted by molar-refractivity contribution is -0.117. The number of amides is 2. The van der Waals surface area contributed by atoms with Crippen molar-refractivity contribution in [2.24, 2.45) is 5.73 Å². The molecule has 0 aromatic heterocycles. The van der Waals surface area contributed by atoms with E-state index in [1.54, 1.807) is 37.3 Å². The van der Waals surface area contributed by atoms with Gasteiger partial charge in [-0.3, -0.25) is 9.59 Å². The van der Waals surface area contributed by atoms with Crippen molar-refractivity contribution in [3.8, 4) is 0 Å². The van der Waals surface area contributed by atoms with Crippen molar-refractivity contribution in [1.29, 1.82) is 0 Å². The number of carbonyl (C=O) groups is 2. The number of benzene rings is 2. The van der Waals surface area contributed by atoms with Crippen molar-refractivity contribution in [1.82, 2.24) is 0 Å². The average Bonchev–Trinajstić information content (AvgIpc) is 2.43. The Balaban J connectivity index is 2.12. The van der Waals surface area contributed by atoms with Gasteiger partial charge in [0.2, 0.25) is 5.91 Å². The van der Waals surface area contributed by atoms with E-state index in [0.29, 0.717) is 5.69 Å². The molecule has 0 saturated heterocycles. The van der Waals surface area contributed by atoms with Crippen LogP contribution in [-0.4, -0.2) is 11.8 Å². The summed E-state index contributed by atoms with van der Waals surface area (Å²) < 4.78 is 13.6. The van der Waals surface area contributed by atoms with Crippen LogP contribution in [0, 0.1) is 12.7 Å². The number of aryl methyl sites for hydroxylation is 1. The normalized spacial score (nSPS) is 10.2. The number of nitrogens with one attached hydrogen (secondary N) is 1. The largest absolute Gasteiger partial charge is 0.369 e. The number of hydrogen-bond donors (Lipinski definition) is 2. The average molecular weight is 286 g/mol. The van der Waals surface area contributed by atoms with Gasteiger partial charge in [0.05, 0.1) is 12.0 Å². The Bertz CT molecular complexity index is 681. The third-order valence-electron chi connectivity index (χ3n) is 2.96. The standard InChI is InChI=1S/C16H15FN2O2/c1-10-2-7-14(17)13(8-10)16(21)19-12-5-3-11(4-6-12)9-15(18)20/h2-8H,9H2,1H3,(H2,18,20)(H,19,21). The first-order valence-corrected chi connectivity index (χ1v) is 6.40. The van der Waals surface area contributed by atoms with Gasteiger partial charge in [0.1, 0.15) is 5.82 Å². The summed E-state index contributed by atoms with van der Waals surface area (Å²) in [5.74, 6) is -1.50. The van der Waals surface area contributed by atoms with Crippen molar-refractivity contribution >= 4 is 17.5 Å². The molecule has 0 heterocycles. The fourth-order valence-corrected chi connectivity index (χ4v) is 1.92. The molecule has 0 aliphatic heterocycles. The maximum absolute atomic E-state index is 13.6. The highest BCUT2D eigenvalue weighted by Crippen LogP contribution is 2.15. The van der Waals surface area contributed by atoms with Crippen LogP contribution in [0.15, 0.2) is 42.5 Å². The van der Waals surface area contributed by atoms with Crippen LogP contribution in [0.1, 0.15) is 21.5 Å². The summed E-state index contributed by atoms with van der Waals surface area (Å²) in [6.45, 7) is 1.79. The molecule has 0 fully saturated rings. The van der Waals surface area contributed by atoms with Gasteiger partial charge in [-0.25, -0.2) is 4.39 Å². The lowest BCUT2D eigenvalue weighted by Crippen LogP contribution is -2.15. The van der Waals surface area contributed by atoms with Crippen molar-refractivity contribution in [2.75, 3.05) is 5.32 Å². The Hall–Kier alpha value is -2.69. The molecule has 0 bridgehead atoms. The van der Waals surface area contributed by atoms with Crippen LogP contribution in [0.4, 0.5) is 10.1 Å². The van der Waals surface area contributed by atoms with Gasteiger partial charge in [-0.05, 0) is 36.8 Å². The highest BCUT2D eigenvalue weighted by atomic mass is 19.1. The summed E-state index contributed by atoms with van der Waals surface area (Å²) in [5, 5.41) is 2.61. The van der Waals surface area contributed by atoms with Crippen LogP contribution in [-0.2, 0) is 11.2 Å². The molecule has 0 spiro atoms.